The zero-order valence-electron chi connectivity index (χ0n) is 11.6. The Labute approximate surface area is 128 Å². The van der Waals surface area contributed by atoms with Crippen LogP contribution in [0.3, 0.4) is 0 Å². The molecule has 1 N–H and O–H groups in total. The second-order valence-corrected chi connectivity index (χ2v) is 6.12. The Bertz CT molecular complexity index is 593. The zero-order chi connectivity index (χ0) is 14.4. The molecular weight excluding hydrogens is 292 g/mol. The highest BCUT2D eigenvalue weighted by molar-refractivity contribution is 6.32. The SMILES string of the molecule is O=C1OCc2c1ccc(C1CN3CCNCC3CO1)c2Cl. The molecule has 3 aliphatic heterocycles. The van der Waals surface area contributed by atoms with Gasteiger partial charge in [-0.25, -0.2) is 4.79 Å². The van der Waals surface area contributed by atoms with Crippen LogP contribution < -0.4 is 5.32 Å². The van der Waals surface area contributed by atoms with Crippen LogP contribution >= 0.6 is 11.6 Å². The van der Waals surface area contributed by atoms with E-state index >= 15 is 0 Å². The standard InChI is InChI=1S/C15H17ClN2O3/c16-14-11(2-1-10-12(14)8-21-15(10)19)13-6-18-4-3-17-5-9(18)7-20-13/h1-2,9,13,17H,3-8H2. The number of fused-ring (bicyclic) bond motifs is 2. The molecule has 112 valence electrons. The molecule has 6 heteroatoms. The molecule has 2 atom stereocenters. The summed E-state index contributed by atoms with van der Waals surface area (Å²) in [5.74, 6) is -0.287. The summed E-state index contributed by atoms with van der Waals surface area (Å²) in [5, 5.41) is 4.01. The topological polar surface area (TPSA) is 50.8 Å². The molecule has 0 aliphatic carbocycles. The van der Waals surface area contributed by atoms with Gasteiger partial charge in [-0.1, -0.05) is 17.7 Å². The van der Waals surface area contributed by atoms with Crippen LogP contribution in [0.1, 0.15) is 27.6 Å². The van der Waals surface area contributed by atoms with Crippen molar-refractivity contribution < 1.29 is 14.3 Å². The van der Waals surface area contributed by atoms with Crippen LogP contribution in [0.2, 0.25) is 5.02 Å². The normalized spacial score (nSPS) is 28.9. The zero-order valence-corrected chi connectivity index (χ0v) is 12.4. The van der Waals surface area contributed by atoms with Gasteiger partial charge in [0.15, 0.2) is 0 Å². The van der Waals surface area contributed by atoms with E-state index in [0.717, 1.165) is 37.3 Å². The molecule has 3 heterocycles. The molecule has 1 aromatic carbocycles. The number of carbonyl (C=O) groups is 1. The van der Waals surface area contributed by atoms with E-state index < -0.39 is 0 Å². The third kappa shape index (κ3) is 2.25. The molecule has 5 nitrogen and oxygen atoms in total. The first kappa shape index (κ1) is 13.5. The minimum Gasteiger partial charge on any atom is -0.457 e. The summed E-state index contributed by atoms with van der Waals surface area (Å²) >= 11 is 6.48. The van der Waals surface area contributed by atoms with Crippen LogP contribution in [0.25, 0.3) is 0 Å². The third-order valence-corrected chi connectivity index (χ3v) is 5.00. The number of hydrogen-bond acceptors (Lipinski definition) is 5. The average Bonchev–Trinajstić information content (AvgIpc) is 2.90. The Morgan fingerprint density at radius 1 is 1.38 bits per heavy atom. The van der Waals surface area contributed by atoms with E-state index in [2.05, 4.69) is 10.2 Å². The molecule has 0 radical (unpaired) electrons. The maximum absolute atomic E-state index is 11.6. The molecule has 4 rings (SSSR count). The van der Waals surface area contributed by atoms with Crippen LogP contribution in [0.5, 0.6) is 0 Å². The number of halogens is 1. The second kappa shape index (κ2) is 5.25. The molecule has 0 bridgehead atoms. The minimum absolute atomic E-state index is 0.0344. The molecule has 1 aromatic rings. The van der Waals surface area contributed by atoms with E-state index in [1.165, 1.54) is 0 Å². The maximum Gasteiger partial charge on any atom is 0.338 e. The molecular formula is C15H17ClN2O3. The van der Waals surface area contributed by atoms with Gasteiger partial charge in [0.1, 0.15) is 6.61 Å². The highest BCUT2D eigenvalue weighted by atomic mass is 35.5. The van der Waals surface area contributed by atoms with E-state index in [0.29, 0.717) is 23.2 Å². The van der Waals surface area contributed by atoms with E-state index in [9.17, 15) is 4.79 Å². The van der Waals surface area contributed by atoms with Crippen molar-refractivity contribution in [2.75, 3.05) is 32.8 Å². The summed E-state index contributed by atoms with van der Waals surface area (Å²) in [6, 6.07) is 4.16. The Hall–Kier alpha value is -1.14. The predicted molar refractivity (Wildman–Crippen MR) is 77.5 cm³/mol. The number of nitrogens with one attached hydrogen (secondary N) is 1. The quantitative estimate of drug-likeness (QED) is 0.794. The van der Waals surface area contributed by atoms with Gasteiger partial charge in [-0.15, -0.1) is 0 Å². The van der Waals surface area contributed by atoms with Gasteiger partial charge in [0.25, 0.3) is 0 Å². The lowest BCUT2D eigenvalue weighted by atomic mass is 9.99. The van der Waals surface area contributed by atoms with Gasteiger partial charge < -0.3 is 14.8 Å². The molecule has 21 heavy (non-hydrogen) atoms. The fourth-order valence-corrected chi connectivity index (χ4v) is 3.67. The Morgan fingerprint density at radius 2 is 2.29 bits per heavy atom. The molecule has 0 aromatic heterocycles. The summed E-state index contributed by atoms with van der Waals surface area (Å²) in [6.07, 6.45) is -0.0344. The summed E-state index contributed by atoms with van der Waals surface area (Å²) in [7, 11) is 0. The smallest absolute Gasteiger partial charge is 0.338 e. The van der Waals surface area contributed by atoms with Gasteiger partial charge in [0, 0.05) is 43.3 Å². The number of piperazine rings is 1. The predicted octanol–water partition coefficient (Wildman–Crippen LogP) is 1.36. The van der Waals surface area contributed by atoms with Crippen LogP contribution in [-0.4, -0.2) is 49.7 Å². The Balaban J connectivity index is 1.61. The summed E-state index contributed by atoms with van der Waals surface area (Å²) in [4.78, 5) is 14.0. The van der Waals surface area contributed by atoms with Gasteiger partial charge in [-0.3, -0.25) is 4.90 Å². The van der Waals surface area contributed by atoms with Gasteiger partial charge in [0.2, 0.25) is 0 Å². The minimum atomic E-state index is -0.287. The van der Waals surface area contributed by atoms with E-state index in [4.69, 9.17) is 21.1 Å². The van der Waals surface area contributed by atoms with Crippen LogP contribution in [0.4, 0.5) is 0 Å². The first-order valence-electron chi connectivity index (χ1n) is 7.29. The largest absolute Gasteiger partial charge is 0.457 e. The van der Waals surface area contributed by atoms with Gasteiger partial charge >= 0.3 is 5.97 Å². The first-order chi connectivity index (χ1) is 10.2. The van der Waals surface area contributed by atoms with Gasteiger partial charge in [-0.2, -0.15) is 0 Å². The first-order valence-corrected chi connectivity index (χ1v) is 7.66. The summed E-state index contributed by atoms with van der Waals surface area (Å²) in [5.41, 5.74) is 2.34. The highest BCUT2D eigenvalue weighted by Gasteiger charge is 2.34. The summed E-state index contributed by atoms with van der Waals surface area (Å²) < 4.78 is 11.1. The van der Waals surface area contributed by atoms with Crippen LogP contribution in [0, 0.1) is 0 Å². The number of carbonyl (C=O) groups excluding carboxylic acids is 1. The van der Waals surface area contributed by atoms with E-state index in [1.807, 2.05) is 6.07 Å². The second-order valence-electron chi connectivity index (χ2n) is 5.75. The molecule has 2 fully saturated rings. The lowest BCUT2D eigenvalue weighted by Gasteiger charge is -2.43. The van der Waals surface area contributed by atoms with Crippen molar-refractivity contribution >= 4 is 17.6 Å². The summed E-state index contributed by atoms with van der Waals surface area (Å²) in [6.45, 7) is 4.86. The van der Waals surface area contributed by atoms with Gasteiger partial charge in [0.05, 0.1) is 23.3 Å². The number of esters is 1. The number of nitrogens with zero attached hydrogens (tertiary/aromatic N) is 1. The lowest BCUT2D eigenvalue weighted by molar-refractivity contribution is -0.0717. The number of ether oxygens (including phenoxy) is 2. The van der Waals surface area contributed by atoms with E-state index in [1.54, 1.807) is 6.07 Å². The van der Waals surface area contributed by atoms with E-state index in [-0.39, 0.29) is 18.7 Å². The molecule has 2 unspecified atom stereocenters. The lowest BCUT2D eigenvalue weighted by Crippen LogP contribution is -2.57. The number of cyclic esters (lactones) is 1. The fourth-order valence-electron chi connectivity index (χ4n) is 3.32. The monoisotopic (exact) mass is 308 g/mol. The number of benzene rings is 1. The third-order valence-electron chi connectivity index (χ3n) is 4.55. The molecule has 0 saturated carbocycles. The molecule has 0 spiro atoms. The maximum atomic E-state index is 11.6. The molecule has 3 aliphatic rings. The Kier molecular flexibility index (Phi) is 3.38. The van der Waals surface area contributed by atoms with Crippen molar-refractivity contribution in [1.82, 2.24) is 10.2 Å². The van der Waals surface area contributed by atoms with Crippen molar-refractivity contribution in [3.05, 3.63) is 33.8 Å². The fraction of sp³-hybridized carbons (Fsp3) is 0.533. The molecule has 2 saturated heterocycles. The average molecular weight is 309 g/mol. The highest BCUT2D eigenvalue weighted by Crippen LogP contribution is 2.36. The van der Waals surface area contributed by atoms with Crippen molar-refractivity contribution in [2.24, 2.45) is 0 Å². The Morgan fingerprint density at radius 3 is 3.19 bits per heavy atom. The number of morpholine rings is 1. The molecule has 0 amide bonds. The van der Waals surface area contributed by atoms with Crippen molar-refractivity contribution in [3.63, 3.8) is 0 Å². The number of rotatable bonds is 1. The van der Waals surface area contributed by atoms with Crippen molar-refractivity contribution in [1.29, 1.82) is 0 Å². The van der Waals surface area contributed by atoms with Gasteiger partial charge in [-0.05, 0) is 6.07 Å². The van der Waals surface area contributed by atoms with Crippen molar-refractivity contribution in [3.8, 4) is 0 Å². The van der Waals surface area contributed by atoms with Crippen LogP contribution in [-0.2, 0) is 16.1 Å². The van der Waals surface area contributed by atoms with Crippen LogP contribution in [0.15, 0.2) is 12.1 Å². The number of hydrogen-bond donors (Lipinski definition) is 1. The van der Waals surface area contributed by atoms with Crippen molar-refractivity contribution in [2.45, 2.75) is 18.8 Å².